The van der Waals surface area contributed by atoms with Gasteiger partial charge in [0.15, 0.2) is 0 Å². The summed E-state index contributed by atoms with van der Waals surface area (Å²) in [6.45, 7) is 4.41. The van der Waals surface area contributed by atoms with Crippen molar-refractivity contribution < 1.29 is 4.74 Å². The van der Waals surface area contributed by atoms with Crippen LogP contribution in [0.25, 0.3) is 16.5 Å². The lowest BCUT2D eigenvalue weighted by molar-refractivity contribution is 0.403. The predicted octanol–water partition coefficient (Wildman–Crippen LogP) is 4.94. The second-order valence-corrected chi connectivity index (χ2v) is 5.01. The van der Waals surface area contributed by atoms with Gasteiger partial charge in [0.25, 0.3) is 0 Å². The van der Waals surface area contributed by atoms with E-state index in [9.17, 15) is 0 Å². The molecule has 2 heterocycles. The number of pyridine rings is 1. The summed E-state index contributed by atoms with van der Waals surface area (Å²) in [6, 6.07) is 8.33. The molecule has 0 atom stereocenters. The van der Waals surface area contributed by atoms with E-state index in [2.05, 4.69) is 37.0 Å². The Bertz CT molecular complexity index is 638. The summed E-state index contributed by atoms with van der Waals surface area (Å²) < 4.78 is 6.15. The predicted molar refractivity (Wildman–Crippen MR) is 79.1 cm³/mol. The van der Waals surface area contributed by atoms with Gasteiger partial charge in [0.05, 0.1) is 10.9 Å². The van der Waals surface area contributed by atoms with Crippen molar-refractivity contribution in [2.45, 2.75) is 39.5 Å². The fourth-order valence-electron chi connectivity index (χ4n) is 2.81. The molecule has 3 rings (SSSR count). The summed E-state index contributed by atoms with van der Waals surface area (Å²) in [5.74, 6) is 2.11. The van der Waals surface area contributed by atoms with Gasteiger partial charge >= 0.3 is 0 Å². The third kappa shape index (κ3) is 2.01. The molecule has 0 radical (unpaired) electrons. The highest BCUT2D eigenvalue weighted by Gasteiger charge is 2.21. The average molecular weight is 253 g/mol. The SMILES string of the molecule is CCCC1=C(CCC)c2cccc3nccc(c23)O1. The number of hydrogen-bond acceptors (Lipinski definition) is 2. The van der Waals surface area contributed by atoms with Crippen LogP contribution >= 0.6 is 0 Å². The number of nitrogens with zero attached hydrogens (tertiary/aromatic N) is 1. The summed E-state index contributed by atoms with van der Waals surface area (Å²) in [4.78, 5) is 4.45. The zero-order valence-corrected chi connectivity index (χ0v) is 11.6. The molecule has 0 amide bonds. The Morgan fingerprint density at radius 3 is 2.68 bits per heavy atom. The van der Waals surface area contributed by atoms with E-state index < -0.39 is 0 Å². The molecule has 2 nitrogen and oxygen atoms in total. The first-order valence-corrected chi connectivity index (χ1v) is 7.13. The lowest BCUT2D eigenvalue weighted by Gasteiger charge is -2.23. The molecule has 0 spiro atoms. The van der Waals surface area contributed by atoms with Gasteiger partial charge in [0, 0.05) is 12.6 Å². The monoisotopic (exact) mass is 253 g/mol. The van der Waals surface area contributed by atoms with Crippen LogP contribution in [0.4, 0.5) is 0 Å². The minimum atomic E-state index is 0.962. The van der Waals surface area contributed by atoms with Gasteiger partial charge < -0.3 is 4.74 Å². The van der Waals surface area contributed by atoms with Crippen LogP contribution in [0, 0.1) is 0 Å². The third-order valence-electron chi connectivity index (χ3n) is 3.60. The van der Waals surface area contributed by atoms with Crippen LogP contribution in [0.15, 0.2) is 36.2 Å². The summed E-state index contributed by atoms with van der Waals surface area (Å²) in [5.41, 5.74) is 3.71. The van der Waals surface area contributed by atoms with Gasteiger partial charge in [-0.2, -0.15) is 0 Å². The fraction of sp³-hybridized carbons (Fsp3) is 0.353. The van der Waals surface area contributed by atoms with Gasteiger partial charge in [-0.15, -0.1) is 0 Å². The first kappa shape index (κ1) is 12.2. The van der Waals surface area contributed by atoms with Crippen molar-refractivity contribution in [1.29, 1.82) is 0 Å². The molecule has 2 heteroatoms. The van der Waals surface area contributed by atoms with Gasteiger partial charge in [-0.3, -0.25) is 4.98 Å². The minimum absolute atomic E-state index is 0.962. The highest BCUT2D eigenvalue weighted by atomic mass is 16.5. The molecule has 0 bridgehead atoms. The Hall–Kier alpha value is -1.83. The molecule has 2 aromatic rings. The highest BCUT2D eigenvalue weighted by molar-refractivity contribution is 5.98. The number of aromatic nitrogens is 1. The van der Waals surface area contributed by atoms with Crippen LogP contribution in [0.3, 0.4) is 0 Å². The molecule has 1 aliphatic heterocycles. The zero-order valence-electron chi connectivity index (χ0n) is 11.6. The summed E-state index contributed by atoms with van der Waals surface area (Å²) >= 11 is 0. The molecule has 19 heavy (non-hydrogen) atoms. The van der Waals surface area contributed by atoms with E-state index >= 15 is 0 Å². The molecule has 0 fully saturated rings. The summed E-state index contributed by atoms with van der Waals surface area (Å²) in [6.07, 6.45) is 6.16. The van der Waals surface area contributed by atoms with E-state index in [4.69, 9.17) is 4.74 Å². The molecule has 0 unspecified atom stereocenters. The van der Waals surface area contributed by atoms with Crippen LogP contribution < -0.4 is 4.74 Å². The number of hydrogen-bond donors (Lipinski definition) is 0. The first-order valence-electron chi connectivity index (χ1n) is 7.13. The maximum Gasteiger partial charge on any atom is 0.138 e. The fourth-order valence-corrected chi connectivity index (χ4v) is 2.81. The van der Waals surface area contributed by atoms with Crippen molar-refractivity contribution >= 4 is 16.5 Å². The van der Waals surface area contributed by atoms with E-state index in [-0.39, 0.29) is 0 Å². The van der Waals surface area contributed by atoms with Gasteiger partial charge in [0.2, 0.25) is 0 Å². The third-order valence-corrected chi connectivity index (χ3v) is 3.60. The van der Waals surface area contributed by atoms with E-state index in [1.807, 2.05) is 12.3 Å². The Balaban J connectivity index is 2.24. The molecule has 0 aliphatic carbocycles. The largest absolute Gasteiger partial charge is 0.461 e. The van der Waals surface area contributed by atoms with Gasteiger partial charge in [-0.05, 0) is 36.1 Å². The van der Waals surface area contributed by atoms with Gasteiger partial charge in [-0.25, -0.2) is 0 Å². The molecule has 1 aromatic heterocycles. The second kappa shape index (κ2) is 5.04. The van der Waals surface area contributed by atoms with Crippen LogP contribution in [0.2, 0.25) is 0 Å². The number of rotatable bonds is 4. The summed E-state index contributed by atoms with van der Waals surface area (Å²) in [5, 5.41) is 1.17. The van der Waals surface area contributed by atoms with Crippen LogP contribution in [0.5, 0.6) is 5.75 Å². The van der Waals surface area contributed by atoms with Crippen molar-refractivity contribution in [3.63, 3.8) is 0 Å². The van der Waals surface area contributed by atoms with Crippen LogP contribution in [-0.4, -0.2) is 4.98 Å². The van der Waals surface area contributed by atoms with E-state index in [1.165, 1.54) is 16.5 Å². The molecule has 0 saturated carbocycles. The lowest BCUT2D eigenvalue weighted by atomic mass is 9.92. The topological polar surface area (TPSA) is 22.1 Å². The van der Waals surface area contributed by atoms with Crippen molar-refractivity contribution in [3.05, 3.63) is 41.8 Å². The van der Waals surface area contributed by atoms with Crippen molar-refractivity contribution in [1.82, 2.24) is 4.98 Å². The van der Waals surface area contributed by atoms with Crippen molar-refractivity contribution in [2.75, 3.05) is 0 Å². The van der Waals surface area contributed by atoms with Crippen LogP contribution in [-0.2, 0) is 0 Å². The normalized spacial score (nSPS) is 13.8. The quantitative estimate of drug-likeness (QED) is 0.770. The Morgan fingerprint density at radius 2 is 1.89 bits per heavy atom. The minimum Gasteiger partial charge on any atom is -0.461 e. The van der Waals surface area contributed by atoms with E-state index in [0.29, 0.717) is 0 Å². The molecule has 98 valence electrons. The maximum atomic E-state index is 6.15. The molecular weight excluding hydrogens is 234 g/mol. The molecule has 1 aromatic carbocycles. The Labute approximate surface area is 114 Å². The molecule has 0 N–H and O–H groups in total. The van der Waals surface area contributed by atoms with E-state index in [0.717, 1.165) is 42.7 Å². The second-order valence-electron chi connectivity index (χ2n) is 5.01. The van der Waals surface area contributed by atoms with Gasteiger partial charge in [-0.1, -0.05) is 32.4 Å². The summed E-state index contributed by atoms with van der Waals surface area (Å²) in [7, 11) is 0. The molecule has 1 aliphatic rings. The van der Waals surface area contributed by atoms with Crippen LogP contribution in [0.1, 0.15) is 45.1 Å². The van der Waals surface area contributed by atoms with E-state index in [1.54, 1.807) is 0 Å². The molecular formula is C17H19NO. The molecule has 0 saturated heterocycles. The average Bonchev–Trinajstić information content (AvgIpc) is 2.43. The number of ether oxygens (including phenoxy) is 1. The lowest BCUT2D eigenvalue weighted by Crippen LogP contribution is -2.07. The van der Waals surface area contributed by atoms with Crippen molar-refractivity contribution in [3.8, 4) is 5.75 Å². The van der Waals surface area contributed by atoms with Gasteiger partial charge in [0.1, 0.15) is 11.5 Å². The number of benzene rings is 1. The maximum absolute atomic E-state index is 6.15. The van der Waals surface area contributed by atoms with Crippen molar-refractivity contribution in [2.24, 2.45) is 0 Å². The zero-order chi connectivity index (χ0) is 13.2. The first-order chi connectivity index (χ1) is 9.35. The standard InChI is InChI=1S/C17H19NO/c1-3-6-12-13-8-5-9-14-17(13)16(10-11-18-14)19-15(12)7-4-2/h5,8-11H,3-4,6-7H2,1-2H3. The number of allylic oxidation sites excluding steroid dienone is 2. The Kier molecular flexibility index (Phi) is 3.24. The highest BCUT2D eigenvalue weighted by Crippen LogP contribution is 2.41. The smallest absolute Gasteiger partial charge is 0.138 e. The Morgan fingerprint density at radius 1 is 1.05 bits per heavy atom.